The van der Waals surface area contributed by atoms with Crippen molar-refractivity contribution in [3.63, 3.8) is 0 Å². The lowest BCUT2D eigenvalue weighted by molar-refractivity contribution is -0.742. The maximum atomic E-state index is 8.36. The minimum absolute atomic E-state index is 0.109. The summed E-state index contributed by atoms with van der Waals surface area (Å²) in [6.07, 6.45) is 3.40. The highest BCUT2D eigenvalue weighted by atomic mass is 16.9. The van der Waals surface area contributed by atoms with Crippen molar-refractivity contribution in [1.82, 2.24) is 9.78 Å². The van der Waals surface area contributed by atoms with Crippen LogP contribution in [0.5, 0.6) is 0 Å². The lowest BCUT2D eigenvalue weighted by Gasteiger charge is -1.98. The summed E-state index contributed by atoms with van der Waals surface area (Å²) in [4.78, 5) is 8.36. The SMILES string of the molecule is NC(N)=N/N=C/c1cn(-c2ccccc2)nc1-c1cc2ccccc2o1.O=[N+]([O-])O. The average molecular weight is 407 g/mol. The van der Waals surface area contributed by atoms with Crippen LogP contribution in [0.2, 0.25) is 0 Å². The summed E-state index contributed by atoms with van der Waals surface area (Å²) in [6, 6.07) is 19.5. The summed E-state index contributed by atoms with van der Waals surface area (Å²) < 4.78 is 7.71. The van der Waals surface area contributed by atoms with Crippen molar-refractivity contribution in [3.05, 3.63) is 82.5 Å². The number of benzene rings is 2. The standard InChI is InChI=1S/C19H16N6O.HNO3/c20-19(21)23-22-11-14-12-25(15-7-2-1-3-8-15)24-18(14)17-10-13-6-4-5-9-16(13)26-17;2-1(3)4/h1-12H,(H4,20,21,23);(H,2,3,4)/b22-11+;. The summed E-state index contributed by atoms with van der Waals surface area (Å²) >= 11 is 0. The van der Waals surface area contributed by atoms with Gasteiger partial charge in [0.05, 0.1) is 11.9 Å². The van der Waals surface area contributed by atoms with E-state index in [1.807, 2.05) is 66.9 Å². The molecule has 0 aliphatic carbocycles. The Morgan fingerprint density at radius 1 is 1.17 bits per heavy atom. The lowest BCUT2D eigenvalue weighted by Crippen LogP contribution is -2.21. The Kier molecular flexibility index (Phi) is 6.03. The van der Waals surface area contributed by atoms with Gasteiger partial charge in [0.2, 0.25) is 5.96 Å². The lowest BCUT2D eigenvalue weighted by atomic mass is 10.2. The van der Waals surface area contributed by atoms with Crippen LogP contribution in [-0.2, 0) is 0 Å². The number of rotatable bonds is 4. The second-order valence-electron chi connectivity index (χ2n) is 5.87. The van der Waals surface area contributed by atoms with Crippen LogP contribution in [0, 0.1) is 10.1 Å². The number of furan rings is 1. The number of para-hydroxylation sites is 2. The Hall–Kier alpha value is -4.67. The first-order chi connectivity index (χ1) is 14.4. The number of nitrogens with two attached hydrogens (primary N) is 2. The second kappa shape index (κ2) is 9.01. The zero-order chi connectivity index (χ0) is 21.5. The molecule has 0 radical (unpaired) electrons. The monoisotopic (exact) mass is 407 g/mol. The van der Waals surface area contributed by atoms with Crippen LogP contribution < -0.4 is 11.5 Å². The molecule has 0 atom stereocenters. The van der Waals surface area contributed by atoms with Gasteiger partial charge in [-0.3, -0.25) is 0 Å². The van der Waals surface area contributed by atoms with Gasteiger partial charge in [0.15, 0.2) is 5.76 Å². The fraction of sp³-hybridized carbons (Fsp3) is 0. The van der Waals surface area contributed by atoms with Gasteiger partial charge >= 0.3 is 0 Å². The van der Waals surface area contributed by atoms with E-state index in [2.05, 4.69) is 15.3 Å². The predicted molar refractivity (Wildman–Crippen MR) is 111 cm³/mol. The summed E-state index contributed by atoms with van der Waals surface area (Å²) in [5, 5.41) is 26.9. The van der Waals surface area contributed by atoms with Crippen LogP contribution in [0.3, 0.4) is 0 Å². The minimum atomic E-state index is -1.50. The van der Waals surface area contributed by atoms with Crippen LogP contribution in [0.25, 0.3) is 28.1 Å². The number of guanidine groups is 1. The Labute approximate surface area is 169 Å². The van der Waals surface area contributed by atoms with Crippen molar-refractivity contribution in [2.75, 3.05) is 0 Å². The fourth-order valence-electron chi connectivity index (χ4n) is 2.64. The molecule has 0 aliphatic heterocycles. The summed E-state index contributed by atoms with van der Waals surface area (Å²) in [7, 11) is 0. The molecule has 5 N–H and O–H groups in total. The molecule has 0 spiro atoms. The van der Waals surface area contributed by atoms with Gasteiger partial charge in [0.1, 0.15) is 11.3 Å². The molecular weight excluding hydrogens is 390 g/mol. The molecule has 11 nitrogen and oxygen atoms in total. The van der Waals surface area contributed by atoms with Crippen molar-refractivity contribution < 1.29 is 14.7 Å². The number of hydrogen-bond acceptors (Lipinski definition) is 6. The van der Waals surface area contributed by atoms with Crippen molar-refractivity contribution in [2.45, 2.75) is 0 Å². The quantitative estimate of drug-likeness (QED) is 0.202. The molecule has 0 amide bonds. The average Bonchev–Trinajstić information content (AvgIpc) is 3.32. The number of hydrogen-bond donors (Lipinski definition) is 3. The molecule has 11 heteroatoms. The third-order valence-corrected chi connectivity index (χ3v) is 3.79. The normalized spacial score (nSPS) is 10.5. The van der Waals surface area contributed by atoms with Crippen LogP contribution in [0.15, 0.2) is 81.5 Å². The summed E-state index contributed by atoms with van der Waals surface area (Å²) in [5.41, 5.74) is 13.8. The van der Waals surface area contributed by atoms with Gasteiger partial charge in [-0.25, -0.2) is 4.68 Å². The maximum Gasteiger partial charge on any atom is 0.291 e. The maximum absolute atomic E-state index is 8.36. The first-order valence-corrected chi connectivity index (χ1v) is 8.53. The van der Waals surface area contributed by atoms with E-state index >= 15 is 0 Å². The second-order valence-corrected chi connectivity index (χ2v) is 5.87. The summed E-state index contributed by atoms with van der Waals surface area (Å²) in [6.45, 7) is 0. The van der Waals surface area contributed by atoms with Gasteiger partial charge in [-0.15, -0.1) is 15.2 Å². The van der Waals surface area contributed by atoms with E-state index in [0.29, 0.717) is 11.5 Å². The topological polar surface area (TPSA) is 171 Å². The zero-order valence-electron chi connectivity index (χ0n) is 15.5. The van der Waals surface area contributed by atoms with Gasteiger partial charge < -0.3 is 21.1 Å². The predicted octanol–water partition coefficient (Wildman–Crippen LogP) is 2.55. The number of nitrogens with zero attached hydrogens (tertiary/aromatic N) is 5. The Morgan fingerprint density at radius 2 is 1.83 bits per heavy atom. The first kappa shape index (κ1) is 20.1. The van der Waals surface area contributed by atoms with Crippen LogP contribution in [0.1, 0.15) is 5.56 Å². The van der Waals surface area contributed by atoms with E-state index in [9.17, 15) is 0 Å². The van der Waals surface area contributed by atoms with Crippen molar-refractivity contribution in [1.29, 1.82) is 0 Å². The molecule has 152 valence electrons. The van der Waals surface area contributed by atoms with Gasteiger partial charge in [-0.1, -0.05) is 36.4 Å². The van der Waals surface area contributed by atoms with Crippen molar-refractivity contribution in [3.8, 4) is 17.1 Å². The Bertz CT molecular complexity index is 1170. The molecule has 0 fully saturated rings. The number of fused-ring (bicyclic) bond motifs is 1. The van der Waals surface area contributed by atoms with Crippen LogP contribution in [0.4, 0.5) is 0 Å². The third-order valence-electron chi connectivity index (χ3n) is 3.79. The van der Waals surface area contributed by atoms with Crippen LogP contribution >= 0.6 is 0 Å². The molecule has 30 heavy (non-hydrogen) atoms. The molecule has 2 aromatic carbocycles. The molecule has 2 heterocycles. The van der Waals surface area contributed by atoms with Crippen LogP contribution in [-0.4, -0.2) is 32.2 Å². The van der Waals surface area contributed by atoms with Gasteiger partial charge in [0, 0.05) is 17.1 Å². The van der Waals surface area contributed by atoms with E-state index in [0.717, 1.165) is 22.2 Å². The van der Waals surface area contributed by atoms with E-state index in [4.69, 9.17) is 31.2 Å². The Morgan fingerprint density at radius 3 is 2.50 bits per heavy atom. The molecule has 0 saturated carbocycles. The largest absolute Gasteiger partial charge is 0.454 e. The van der Waals surface area contributed by atoms with E-state index in [-0.39, 0.29) is 5.96 Å². The number of aromatic nitrogens is 2. The molecule has 0 bridgehead atoms. The van der Waals surface area contributed by atoms with Gasteiger partial charge in [0.25, 0.3) is 5.09 Å². The van der Waals surface area contributed by atoms with Crippen molar-refractivity contribution in [2.24, 2.45) is 21.7 Å². The first-order valence-electron chi connectivity index (χ1n) is 8.53. The highest BCUT2D eigenvalue weighted by molar-refractivity contribution is 5.91. The molecule has 4 rings (SSSR count). The molecule has 2 aromatic heterocycles. The molecule has 4 aromatic rings. The van der Waals surface area contributed by atoms with E-state index in [1.54, 1.807) is 10.9 Å². The molecule has 0 unspecified atom stereocenters. The molecule has 0 aliphatic rings. The summed E-state index contributed by atoms with van der Waals surface area (Å²) in [5.74, 6) is 0.536. The fourth-order valence-corrected chi connectivity index (χ4v) is 2.64. The highest BCUT2D eigenvalue weighted by Gasteiger charge is 2.15. The van der Waals surface area contributed by atoms with Gasteiger partial charge in [-0.2, -0.15) is 10.2 Å². The molecular formula is C19H17N7O4. The smallest absolute Gasteiger partial charge is 0.291 e. The minimum Gasteiger partial charge on any atom is -0.454 e. The third kappa shape index (κ3) is 4.98. The van der Waals surface area contributed by atoms with E-state index in [1.165, 1.54) is 0 Å². The highest BCUT2D eigenvalue weighted by Crippen LogP contribution is 2.29. The molecule has 0 saturated heterocycles. The van der Waals surface area contributed by atoms with Crippen molar-refractivity contribution >= 4 is 23.1 Å². The van der Waals surface area contributed by atoms with E-state index < -0.39 is 5.09 Å². The van der Waals surface area contributed by atoms with Gasteiger partial charge in [-0.05, 0) is 24.3 Å². The Balaban J connectivity index is 0.000000589. The zero-order valence-corrected chi connectivity index (χ0v) is 15.5.